The SMILES string of the molecule is Cc1ccc(C(N)C(C)S(=O)C(C)C)cc1. The maximum absolute atomic E-state index is 12.0. The molecule has 0 aromatic heterocycles. The second kappa shape index (κ2) is 5.60. The fourth-order valence-corrected chi connectivity index (χ4v) is 2.94. The van der Waals surface area contributed by atoms with E-state index in [4.69, 9.17) is 5.73 Å². The van der Waals surface area contributed by atoms with Crippen molar-refractivity contribution >= 4 is 10.8 Å². The van der Waals surface area contributed by atoms with Crippen molar-refractivity contribution in [2.24, 2.45) is 5.73 Å². The Hall–Kier alpha value is -0.670. The lowest BCUT2D eigenvalue weighted by Gasteiger charge is -2.21. The first-order valence-corrected chi connectivity index (χ1v) is 6.92. The highest BCUT2D eigenvalue weighted by atomic mass is 32.2. The van der Waals surface area contributed by atoms with E-state index < -0.39 is 10.8 Å². The van der Waals surface area contributed by atoms with Crippen LogP contribution in [0, 0.1) is 6.92 Å². The van der Waals surface area contributed by atoms with Crippen LogP contribution in [0.4, 0.5) is 0 Å². The predicted molar refractivity (Wildman–Crippen MR) is 70.8 cm³/mol. The number of hydrogen-bond donors (Lipinski definition) is 1. The van der Waals surface area contributed by atoms with Crippen molar-refractivity contribution in [2.45, 2.75) is 44.2 Å². The standard InChI is InChI=1S/C13H21NOS/c1-9(2)16(15)11(4)13(14)12-7-5-10(3)6-8-12/h5-9,11,13H,14H2,1-4H3. The van der Waals surface area contributed by atoms with Crippen LogP contribution in [0.25, 0.3) is 0 Å². The molecule has 0 heterocycles. The summed E-state index contributed by atoms with van der Waals surface area (Å²) in [7, 11) is -0.877. The van der Waals surface area contributed by atoms with Gasteiger partial charge in [-0.2, -0.15) is 0 Å². The van der Waals surface area contributed by atoms with Crippen LogP contribution in [-0.2, 0) is 10.8 Å². The first-order valence-electron chi connectivity index (χ1n) is 5.65. The number of rotatable bonds is 4. The smallest absolute Gasteiger partial charge is 0.0515 e. The topological polar surface area (TPSA) is 43.1 Å². The van der Waals surface area contributed by atoms with Crippen LogP contribution in [0.3, 0.4) is 0 Å². The molecule has 0 saturated heterocycles. The van der Waals surface area contributed by atoms with Crippen molar-refractivity contribution in [1.82, 2.24) is 0 Å². The fourth-order valence-electron chi connectivity index (χ4n) is 1.63. The summed E-state index contributed by atoms with van der Waals surface area (Å²) in [6.45, 7) is 7.94. The Labute approximate surface area is 101 Å². The Balaban J connectivity index is 2.81. The Kier molecular flexibility index (Phi) is 4.69. The van der Waals surface area contributed by atoms with Gasteiger partial charge in [0.15, 0.2) is 0 Å². The highest BCUT2D eigenvalue weighted by Crippen LogP contribution is 2.20. The van der Waals surface area contributed by atoms with Gasteiger partial charge >= 0.3 is 0 Å². The van der Waals surface area contributed by atoms with Crippen LogP contribution >= 0.6 is 0 Å². The zero-order valence-corrected chi connectivity index (χ0v) is 11.3. The minimum absolute atomic E-state index is 0.0114. The summed E-state index contributed by atoms with van der Waals surface area (Å²) < 4.78 is 12.0. The minimum Gasteiger partial charge on any atom is -0.323 e. The molecule has 1 aromatic rings. The third kappa shape index (κ3) is 3.16. The number of benzene rings is 1. The summed E-state index contributed by atoms with van der Waals surface area (Å²) in [5.41, 5.74) is 8.41. The summed E-state index contributed by atoms with van der Waals surface area (Å²) in [6.07, 6.45) is 0. The lowest BCUT2D eigenvalue weighted by atomic mass is 10.0. The quantitative estimate of drug-likeness (QED) is 0.877. The first kappa shape index (κ1) is 13.4. The zero-order valence-electron chi connectivity index (χ0n) is 10.4. The van der Waals surface area contributed by atoms with Crippen LogP contribution in [0.1, 0.15) is 37.9 Å². The number of nitrogens with two attached hydrogens (primary N) is 1. The molecule has 16 heavy (non-hydrogen) atoms. The maximum Gasteiger partial charge on any atom is 0.0515 e. The predicted octanol–water partition coefficient (Wildman–Crippen LogP) is 2.54. The molecule has 1 aromatic carbocycles. The van der Waals surface area contributed by atoms with Crippen LogP contribution < -0.4 is 5.73 Å². The minimum atomic E-state index is -0.877. The molecule has 3 unspecified atom stereocenters. The van der Waals surface area contributed by atoms with Gasteiger partial charge in [0.05, 0.1) is 5.25 Å². The molecular formula is C13H21NOS. The largest absolute Gasteiger partial charge is 0.323 e. The van der Waals surface area contributed by atoms with E-state index in [-0.39, 0.29) is 16.5 Å². The molecule has 2 N–H and O–H groups in total. The molecule has 0 saturated carbocycles. The lowest BCUT2D eigenvalue weighted by molar-refractivity contribution is 0.636. The van der Waals surface area contributed by atoms with Gasteiger partial charge < -0.3 is 5.73 Å². The molecule has 0 aliphatic carbocycles. The summed E-state index contributed by atoms with van der Waals surface area (Å²) in [5.74, 6) is 0. The molecule has 3 heteroatoms. The van der Waals surface area contributed by atoms with E-state index in [2.05, 4.69) is 0 Å². The van der Waals surface area contributed by atoms with Crippen LogP contribution in [0.5, 0.6) is 0 Å². The molecule has 1 rings (SSSR count). The second-order valence-electron chi connectivity index (χ2n) is 4.52. The molecule has 3 atom stereocenters. The molecule has 0 radical (unpaired) electrons. The van der Waals surface area contributed by atoms with Crippen molar-refractivity contribution in [3.63, 3.8) is 0 Å². The molecule has 0 fully saturated rings. The van der Waals surface area contributed by atoms with Gasteiger partial charge in [0, 0.05) is 22.1 Å². The van der Waals surface area contributed by atoms with Gasteiger partial charge in [0.2, 0.25) is 0 Å². The van der Waals surface area contributed by atoms with Gasteiger partial charge in [-0.15, -0.1) is 0 Å². The highest BCUT2D eigenvalue weighted by Gasteiger charge is 2.22. The van der Waals surface area contributed by atoms with Crippen molar-refractivity contribution in [3.05, 3.63) is 35.4 Å². The van der Waals surface area contributed by atoms with Gasteiger partial charge in [0.1, 0.15) is 0 Å². The van der Waals surface area contributed by atoms with Gasteiger partial charge in [0.25, 0.3) is 0 Å². The molecule has 0 bridgehead atoms. The van der Waals surface area contributed by atoms with Gasteiger partial charge in [-0.3, -0.25) is 4.21 Å². The third-order valence-electron chi connectivity index (χ3n) is 2.80. The third-order valence-corrected chi connectivity index (χ3v) is 4.75. The van der Waals surface area contributed by atoms with E-state index in [0.29, 0.717) is 0 Å². The second-order valence-corrected chi connectivity index (χ2v) is 6.86. The molecule has 0 amide bonds. The Bertz CT molecular complexity index is 359. The molecule has 90 valence electrons. The molecule has 2 nitrogen and oxygen atoms in total. The highest BCUT2D eigenvalue weighted by molar-refractivity contribution is 7.86. The summed E-state index contributed by atoms with van der Waals surface area (Å²) in [5, 5.41) is 0.147. The van der Waals surface area contributed by atoms with E-state index in [1.165, 1.54) is 5.56 Å². The fraction of sp³-hybridized carbons (Fsp3) is 0.538. The molecule has 0 aliphatic heterocycles. The van der Waals surface area contributed by atoms with E-state index in [0.717, 1.165) is 5.56 Å². The lowest BCUT2D eigenvalue weighted by Crippen LogP contribution is -2.31. The van der Waals surface area contributed by atoms with Crippen LogP contribution in [-0.4, -0.2) is 14.7 Å². The number of hydrogen-bond acceptors (Lipinski definition) is 2. The van der Waals surface area contributed by atoms with Gasteiger partial charge in [-0.1, -0.05) is 43.7 Å². The maximum atomic E-state index is 12.0. The summed E-state index contributed by atoms with van der Waals surface area (Å²) in [4.78, 5) is 0. The average molecular weight is 239 g/mol. The number of aryl methyl sites for hydroxylation is 1. The Morgan fingerprint density at radius 1 is 1.12 bits per heavy atom. The van der Waals surface area contributed by atoms with E-state index in [1.54, 1.807) is 0 Å². The molecular weight excluding hydrogens is 218 g/mol. The van der Waals surface area contributed by atoms with Crippen LogP contribution in [0.15, 0.2) is 24.3 Å². The van der Waals surface area contributed by atoms with E-state index in [1.807, 2.05) is 52.0 Å². The summed E-state index contributed by atoms with van der Waals surface area (Å²) >= 11 is 0. The average Bonchev–Trinajstić information content (AvgIpc) is 2.27. The van der Waals surface area contributed by atoms with Gasteiger partial charge in [-0.05, 0) is 19.4 Å². The van der Waals surface area contributed by atoms with Crippen molar-refractivity contribution in [3.8, 4) is 0 Å². The van der Waals surface area contributed by atoms with Crippen molar-refractivity contribution < 1.29 is 4.21 Å². The first-order chi connectivity index (χ1) is 7.43. The van der Waals surface area contributed by atoms with Crippen molar-refractivity contribution in [2.75, 3.05) is 0 Å². The van der Waals surface area contributed by atoms with E-state index >= 15 is 0 Å². The molecule has 0 aliphatic rings. The normalized spacial score (nSPS) is 17.1. The Morgan fingerprint density at radius 3 is 2.06 bits per heavy atom. The Morgan fingerprint density at radius 2 is 1.62 bits per heavy atom. The molecule has 0 spiro atoms. The zero-order chi connectivity index (χ0) is 12.3. The van der Waals surface area contributed by atoms with Crippen LogP contribution in [0.2, 0.25) is 0 Å². The monoisotopic (exact) mass is 239 g/mol. The summed E-state index contributed by atoms with van der Waals surface area (Å²) in [6, 6.07) is 7.98. The van der Waals surface area contributed by atoms with Crippen molar-refractivity contribution in [1.29, 1.82) is 0 Å². The van der Waals surface area contributed by atoms with E-state index in [9.17, 15) is 4.21 Å². The van der Waals surface area contributed by atoms with Gasteiger partial charge in [-0.25, -0.2) is 0 Å².